The second-order valence-electron chi connectivity index (χ2n) is 7.17. The van der Waals surface area contributed by atoms with E-state index >= 15 is 0 Å². The van der Waals surface area contributed by atoms with E-state index in [4.69, 9.17) is 25.6 Å². The summed E-state index contributed by atoms with van der Waals surface area (Å²) in [6, 6.07) is 12.2. The molecule has 158 valence electrons. The number of hydrogen-bond donors (Lipinski definition) is 1. The highest BCUT2D eigenvalue weighted by Gasteiger charge is 2.35. The monoisotopic (exact) mass is 438 g/mol. The van der Waals surface area contributed by atoms with Gasteiger partial charge in [-0.3, -0.25) is 4.90 Å². The van der Waals surface area contributed by atoms with Gasteiger partial charge >= 0.3 is 6.03 Å². The summed E-state index contributed by atoms with van der Waals surface area (Å²) in [5.74, 6) is 2.06. The number of amides is 2. The minimum atomic E-state index is -0.473. The van der Waals surface area contributed by atoms with Crippen LogP contribution in [0.2, 0.25) is 5.02 Å². The Balaban J connectivity index is 1.59. The van der Waals surface area contributed by atoms with Crippen LogP contribution < -0.4 is 14.8 Å². The highest BCUT2D eigenvalue weighted by molar-refractivity contribution is 6.30. The first kappa shape index (κ1) is 19.4. The average Bonchev–Trinajstić information content (AvgIpc) is 3.42. The van der Waals surface area contributed by atoms with Gasteiger partial charge in [-0.2, -0.15) is 4.98 Å². The van der Waals surface area contributed by atoms with E-state index < -0.39 is 6.04 Å². The molecule has 1 atom stereocenters. The summed E-state index contributed by atoms with van der Waals surface area (Å²) >= 11 is 6.20. The Kier molecular flexibility index (Phi) is 4.78. The van der Waals surface area contributed by atoms with Crippen molar-refractivity contribution in [2.45, 2.75) is 19.9 Å². The van der Waals surface area contributed by atoms with Crippen molar-refractivity contribution in [2.75, 3.05) is 13.3 Å². The molecule has 0 fully saturated rings. The SMILES string of the molecule is CCN1C(=O)NC(c2cccc(Cl)c2)C(c2nc(-c3ccc4c(c3)OCO4)no2)=C1C. The van der Waals surface area contributed by atoms with Crippen LogP contribution in [0.1, 0.15) is 31.3 Å². The molecule has 0 spiro atoms. The number of allylic oxidation sites excluding steroid dienone is 1. The number of halogens is 1. The smallest absolute Gasteiger partial charge is 0.322 e. The molecule has 0 radical (unpaired) electrons. The third-order valence-corrected chi connectivity index (χ3v) is 5.62. The molecule has 2 amide bonds. The molecule has 8 nitrogen and oxygen atoms in total. The number of ether oxygens (including phenoxy) is 2. The van der Waals surface area contributed by atoms with Crippen LogP contribution in [0, 0.1) is 0 Å². The topological polar surface area (TPSA) is 89.7 Å². The highest BCUT2D eigenvalue weighted by Crippen LogP contribution is 2.39. The van der Waals surface area contributed by atoms with Gasteiger partial charge in [0, 0.05) is 22.8 Å². The number of benzene rings is 2. The number of fused-ring (bicyclic) bond motifs is 1. The Morgan fingerprint density at radius 1 is 1.19 bits per heavy atom. The summed E-state index contributed by atoms with van der Waals surface area (Å²) in [7, 11) is 0. The number of aromatic nitrogens is 2. The molecule has 1 unspecified atom stereocenters. The second kappa shape index (κ2) is 7.63. The van der Waals surface area contributed by atoms with Crippen molar-refractivity contribution in [3.05, 3.63) is 64.6 Å². The minimum absolute atomic E-state index is 0.191. The summed E-state index contributed by atoms with van der Waals surface area (Å²) in [4.78, 5) is 18.9. The van der Waals surface area contributed by atoms with Gasteiger partial charge in [-0.15, -0.1) is 0 Å². The van der Waals surface area contributed by atoms with Gasteiger partial charge in [0.2, 0.25) is 12.6 Å². The van der Waals surface area contributed by atoms with Crippen LogP contribution in [0.3, 0.4) is 0 Å². The number of rotatable bonds is 4. The van der Waals surface area contributed by atoms with Gasteiger partial charge in [0.25, 0.3) is 5.89 Å². The van der Waals surface area contributed by atoms with E-state index in [2.05, 4.69) is 15.5 Å². The van der Waals surface area contributed by atoms with Gasteiger partial charge in [-0.05, 0) is 49.7 Å². The predicted molar refractivity (Wildman–Crippen MR) is 114 cm³/mol. The quantitative estimate of drug-likeness (QED) is 0.638. The third kappa shape index (κ3) is 3.38. The first-order valence-electron chi connectivity index (χ1n) is 9.83. The molecule has 0 aliphatic carbocycles. The van der Waals surface area contributed by atoms with E-state index in [1.807, 2.05) is 50.2 Å². The predicted octanol–water partition coefficient (Wildman–Crippen LogP) is 4.64. The van der Waals surface area contributed by atoms with Crippen LogP contribution in [0.25, 0.3) is 17.0 Å². The van der Waals surface area contributed by atoms with Crippen molar-refractivity contribution < 1.29 is 18.8 Å². The first-order chi connectivity index (χ1) is 15.0. The molecule has 9 heteroatoms. The maximum absolute atomic E-state index is 12.7. The van der Waals surface area contributed by atoms with Crippen molar-refractivity contribution in [3.8, 4) is 22.9 Å². The number of nitrogens with one attached hydrogen (secondary N) is 1. The average molecular weight is 439 g/mol. The molecule has 2 aliphatic rings. The molecule has 31 heavy (non-hydrogen) atoms. The van der Waals surface area contributed by atoms with Crippen LogP contribution in [-0.4, -0.2) is 34.4 Å². The summed E-state index contributed by atoms with van der Waals surface area (Å²) < 4.78 is 16.5. The van der Waals surface area contributed by atoms with Gasteiger partial charge in [0.15, 0.2) is 11.5 Å². The lowest BCUT2D eigenvalue weighted by Crippen LogP contribution is -2.45. The Morgan fingerprint density at radius 3 is 2.84 bits per heavy atom. The van der Waals surface area contributed by atoms with Crippen LogP contribution in [0.15, 0.2) is 52.7 Å². The van der Waals surface area contributed by atoms with Crippen LogP contribution in [-0.2, 0) is 0 Å². The summed E-state index contributed by atoms with van der Waals surface area (Å²) in [5, 5.41) is 7.77. The maximum Gasteiger partial charge on any atom is 0.322 e. The van der Waals surface area contributed by atoms with E-state index in [1.54, 1.807) is 11.0 Å². The molecule has 5 rings (SSSR count). The van der Waals surface area contributed by atoms with E-state index in [1.165, 1.54) is 0 Å². The zero-order valence-corrected chi connectivity index (χ0v) is 17.6. The van der Waals surface area contributed by atoms with E-state index in [-0.39, 0.29) is 12.8 Å². The molecular weight excluding hydrogens is 420 g/mol. The molecular formula is C22H19ClN4O4. The molecule has 0 saturated carbocycles. The Labute approximate surface area is 183 Å². The number of carbonyl (C=O) groups is 1. The molecule has 1 N–H and O–H groups in total. The number of hydrogen-bond acceptors (Lipinski definition) is 6. The van der Waals surface area contributed by atoms with E-state index in [9.17, 15) is 4.79 Å². The van der Waals surface area contributed by atoms with Gasteiger partial charge in [0.05, 0.1) is 11.6 Å². The zero-order valence-electron chi connectivity index (χ0n) is 16.9. The first-order valence-corrected chi connectivity index (χ1v) is 10.2. The Bertz CT molecular complexity index is 1210. The van der Waals surface area contributed by atoms with Crippen molar-refractivity contribution in [1.82, 2.24) is 20.4 Å². The number of nitrogens with zero attached hydrogens (tertiary/aromatic N) is 3. The van der Waals surface area contributed by atoms with Crippen molar-refractivity contribution in [3.63, 3.8) is 0 Å². The Hall–Kier alpha value is -3.52. The fraction of sp³-hybridized carbons (Fsp3) is 0.227. The van der Waals surface area contributed by atoms with Gasteiger partial charge < -0.3 is 19.3 Å². The number of carbonyl (C=O) groups excluding carboxylic acids is 1. The largest absolute Gasteiger partial charge is 0.454 e. The fourth-order valence-electron chi connectivity index (χ4n) is 3.86. The van der Waals surface area contributed by atoms with E-state index in [0.29, 0.717) is 34.8 Å². The molecule has 2 aromatic carbocycles. The molecule has 3 heterocycles. The van der Waals surface area contributed by atoms with Gasteiger partial charge in [0.1, 0.15) is 0 Å². The minimum Gasteiger partial charge on any atom is -0.454 e. The van der Waals surface area contributed by atoms with Gasteiger partial charge in [-0.25, -0.2) is 4.79 Å². The summed E-state index contributed by atoms with van der Waals surface area (Å²) in [5.41, 5.74) is 3.04. The standard InChI is InChI=1S/C22H19ClN4O4/c1-3-27-12(2)18(19(24-22(27)28)13-5-4-6-15(23)9-13)21-25-20(26-31-21)14-7-8-16-17(10-14)30-11-29-16/h4-10,19H,3,11H2,1-2H3,(H,24,28). The van der Waals surface area contributed by atoms with E-state index in [0.717, 1.165) is 22.4 Å². The lowest BCUT2D eigenvalue weighted by atomic mass is 9.94. The maximum atomic E-state index is 12.7. The molecule has 0 bridgehead atoms. The number of urea groups is 1. The van der Waals surface area contributed by atoms with Crippen molar-refractivity contribution in [1.29, 1.82) is 0 Å². The van der Waals surface area contributed by atoms with Crippen molar-refractivity contribution in [2.24, 2.45) is 0 Å². The summed E-state index contributed by atoms with van der Waals surface area (Å²) in [6.07, 6.45) is 0. The third-order valence-electron chi connectivity index (χ3n) is 5.38. The summed E-state index contributed by atoms with van der Waals surface area (Å²) in [6.45, 7) is 4.48. The lowest BCUT2D eigenvalue weighted by Gasteiger charge is -2.34. The van der Waals surface area contributed by atoms with Crippen LogP contribution in [0.5, 0.6) is 11.5 Å². The second-order valence-corrected chi connectivity index (χ2v) is 7.61. The molecule has 2 aliphatic heterocycles. The zero-order chi connectivity index (χ0) is 21.5. The normalized spacial score (nSPS) is 17.8. The lowest BCUT2D eigenvalue weighted by molar-refractivity contribution is 0.174. The molecule has 1 aromatic heterocycles. The fourth-order valence-corrected chi connectivity index (χ4v) is 4.06. The molecule has 3 aromatic rings. The molecule has 0 saturated heterocycles. The van der Waals surface area contributed by atoms with Crippen molar-refractivity contribution >= 4 is 23.2 Å². The van der Waals surface area contributed by atoms with Crippen LogP contribution in [0.4, 0.5) is 4.79 Å². The van der Waals surface area contributed by atoms with Gasteiger partial charge in [-0.1, -0.05) is 28.9 Å². The Morgan fingerprint density at radius 2 is 2.03 bits per heavy atom. The van der Waals surface area contributed by atoms with Crippen LogP contribution >= 0.6 is 11.6 Å². The highest BCUT2D eigenvalue weighted by atomic mass is 35.5.